The summed E-state index contributed by atoms with van der Waals surface area (Å²) in [5.74, 6) is -2.30. The topological polar surface area (TPSA) is 148 Å². The summed E-state index contributed by atoms with van der Waals surface area (Å²) in [6.45, 7) is 0. The van der Waals surface area contributed by atoms with E-state index in [1.54, 1.807) is 6.07 Å². The molecule has 0 atom stereocenters. The van der Waals surface area contributed by atoms with Gasteiger partial charge in [0, 0.05) is 0 Å². The number of imide groups is 1. The van der Waals surface area contributed by atoms with Crippen LogP contribution in [0.2, 0.25) is 0 Å². The molecule has 0 aliphatic carbocycles. The number of aromatic carboxylic acids is 1. The van der Waals surface area contributed by atoms with Gasteiger partial charge in [-0.1, -0.05) is 6.07 Å². The Morgan fingerprint density at radius 2 is 1.64 bits per heavy atom. The summed E-state index contributed by atoms with van der Waals surface area (Å²) in [5.41, 5.74) is 12.3. The van der Waals surface area contributed by atoms with Crippen LogP contribution in [-0.4, -0.2) is 28.8 Å². The monoisotopic (exact) mass is 360 g/mol. The van der Waals surface area contributed by atoms with E-state index in [0.717, 1.165) is 0 Å². The molecule has 0 radical (unpaired) electrons. The number of nitrogens with two attached hydrogens (primary N) is 2. The molecule has 3 rings (SSSR count). The van der Waals surface area contributed by atoms with Gasteiger partial charge in [-0.2, -0.15) is 0 Å². The van der Waals surface area contributed by atoms with Gasteiger partial charge in [0.2, 0.25) is 0 Å². The number of nitrogens with one attached hydrogen (secondary N) is 1. The molecule has 0 spiro atoms. The van der Waals surface area contributed by atoms with Crippen LogP contribution >= 0.6 is 12.4 Å². The molecule has 0 unspecified atom stereocenters. The first-order valence-corrected chi connectivity index (χ1v) is 6.84. The number of amides is 2. The van der Waals surface area contributed by atoms with Gasteiger partial charge in [-0.3, -0.25) is 14.9 Å². The number of carbonyl (C=O) groups excluding carboxylic acids is 2. The zero-order valence-corrected chi connectivity index (χ0v) is 13.5. The van der Waals surface area contributed by atoms with Gasteiger partial charge in [0.1, 0.15) is 0 Å². The number of hydrogen-bond acceptors (Lipinski definition) is 4. The third-order valence-corrected chi connectivity index (χ3v) is 3.54. The maximum Gasteiger partial charge on any atom is 0.336 e. The van der Waals surface area contributed by atoms with Crippen LogP contribution in [0.5, 0.6) is 0 Å². The van der Waals surface area contributed by atoms with Crippen molar-refractivity contribution in [1.82, 2.24) is 5.32 Å². The first kappa shape index (κ1) is 18.0. The van der Waals surface area contributed by atoms with Gasteiger partial charge in [-0.15, -0.1) is 12.4 Å². The molecule has 0 bridgehead atoms. The Hall–Kier alpha value is -3.39. The Morgan fingerprint density at radius 1 is 0.960 bits per heavy atom. The molecule has 8 nitrogen and oxygen atoms in total. The smallest absolute Gasteiger partial charge is 0.336 e. The zero-order valence-electron chi connectivity index (χ0n) is 12.6. The highest BCUT2D eigenvalue weighted by molar-refractivity contribution is 6.22. The van der Waals surface area contributed by atoms with Gasteiger partial charge in [0.25, 0.3) is 11.8 Å². The van der Waals surface area contributed by atoms with Gasteiger partial charge in [0.15, 0.2) is 5.96 Å². The zero-order chi connectivity index (χ0) is 17.4. The standard InChI is InChI=1S/C16H12N4O4.ClH/c17-16(18)19-8-2-4-10(15(23)24)11(6-8)7-1-3-9-12(5-7)14(22)20-13(9)21;/h1-6H,(H,23,24)(H4,17,18,19)(H,20,21,22);1H. The molecule has 6 N–H and O–H groups in total. The van der Waals surface area contributed by atoms with Gasteiger partial charge in [-0.05, 0) is 41.5 Å². The number of aliphatic imine (C=N–C) groups is 1. The fourth-order valence-electron chi connectivity index (χ4n) is 2.51. The summed E-state index contributed by atoms with van der Waals surface area (Å²) in [6.07, 6.45) is 0. The van der Waals surface area contributed by atoms with Gasteiger partial charge < -0.3 is 16.6 Å². The number of benzene rings is 2. The molecular formula is C16H13ClN4O4. The highest BCUT2D eigenvalue weighted by Gasteiger charge is 2.27. The van der Waals surface area contributed by atoms with Crippen LogP contribution in [0, 0.1) is 0 Å². The van der Waals surface area contributed by atoms with E-state index in [9.17, 15) is 19.5 Å². The van der Waals surface area contributed by atoms with E-state index in [0.29, 0.717) is 16.8 Å². The minimum absolute atomic E-state index is 0. The lowest BCUT2D eigenvalue weighted by atomic mass is 9.96. The average Bonchev–Trinajstić information content (AvgIpc) is 2.80. The Balaban J connectivity index is 0.00000225. The fourth-order valence-corrected chi connectivity index (χ4v) is 2.51. The minimum Gasteiger partial charge on any atom is -0.478 e. The van der Waals surface area contributed by atoms with E-state index in [4.69, 9.17) is 11.5 Å². The summed E-state index contributed by atoms with van der Waals surface area (Å²) in [7, 11) is 0. The van der Waals surface area contributed by atoms with Crippen molar-refractivity contribution in [2.24, 2.45) is 16.5 Å². The third kappa shape index (κ3) is 3.29. The van der Waals surface area contributed by atoms with Gasteiger partial charge >= 0.3 is 5.97 Å². The lowest BCUT2D eigenvalue weighted by Gasteiger charge is -2.09. The summed E-state index contributed by atoms with van der Waals surface area (Å²) in [5, 5.41) is 11.6. The van der Waals surface area contributed by atoms with Crippen LogP contribution in [0.4, 0.5) is 5.69 Å². The van der Waals surface area contributed by atoms with Gasteiger partial charge in [-0.25, -0.2) is 9.79 Å². The molecule has 2 aromatic carbocycles. The van der Waals surface area contributed by atoms with E-state index in [2.05, 4.69) is 10.3 Å². The Labute approximate surface area is 147 Å². The third-order valence-electron chi connectivity index (χ3n) is 3.54. The predicted molar refractivity (Wildman–Crippen MR) is 93.4 cm³/mol. The lowest BCUT2D eigenvalue weighted by molar-refractivity contribution is 0.0697. The number of carboxylic acid groups (broad SMARTS) is 1. The van der Waals surface area contributed by atoms with E-state index >= 15 is 0 Å². The molecule has 128 valence electrons. The van der Waals surface area contributed by atoms with Crippen LogP contribution in [-0.2, 0) is 0 Å². The minimum atomic E-state index is -1.14. The SMILES string of the molecule is Cl.NC(N)=Nc1ccc(C(=O)O)c(-c2ccc3c(c2)C(=O)NC3=O)c1. The number of carbonyl (C=O) groups is 3. The number of carboxylic acids is 1. The second-order valence-electron chi connectivity index (χ2n) is 5.12. The molecular weight excluding hydrogens is 348 g/mol. The Bertz CT molecular complexity index is 936. The van der Waals surface area contributed by atoms with E-state index in [1.807, 2.05) is 0 Å². The van der Waals surface area contributed by atoms with E-state index < -0.39 is 17.8 Å². The summed E-state index contributed by atoms with van der Waals surface area (Å²) >= 11 is 0. The fraction of sp³-hybridized carbons (Fsp3) is 0. The number of rotatable bonds is 3. The first-order chi connectivity index (χ1) is 11.4. The molecule has 1 aliphatic rings. The second-order valence-corrected chi connectivity index (χ2v) is 5.12. The molecule has 1 aliphatic heterocycles. The second kappa shape index (κ2) is 6.62. The van der Waals surface area contributed by atoms with Crippen LogP contribution in [0.3, 0.4) is 0 Å². The van der Waals surface area contributed by atoms with E-state index in [-0.39, 0.29) is 35.1 Å². The van der Waals surface area contributed by atoms with Gasteiger partial charge in [0.05, 0.1) is 22.4 Å². The van der Waals surface area contributed by atoms with Crippen molar-refractivity contribution in [2.45, 2.75) is 0 Å². The van der Waals surface area contributed by atoms with Crippen LogP contribution in [0.15, 0.2) is 41.4 Å². The first-order valence-electron chi connectivity index (χ1n) is 6.84. The molecule has 2 aromatic rings. The predicted octanol–water partition coefficient (Wildman–Crippen LogP) is 1.26. The van der Waals surface area contributed by atoms with Crippen LogP contribution in [0.1, 0.15) is 31.1 Å². The lowest BCUT2D eigenvalue weighted by Crippen LogP contribution is -2.21. The van der Waals surface area contributed by atoms with E-state index in [1.165, 1.54) is 30.3 Å². The molecule has 1 heterocycles. The van der Waals surface area contributed by atoms with Crippen molar-refractivity contribution in [1.29, 1.82) is 0 Å². The molecule has 0 saturated carbocycles. The average molecular weight is 361 g/mol. The van der Waals surface area contributed by atoms with Crippen molar-refractivity contribution < 1.29 is 19.5 Å². The largest absolute Gasteiger partial charge is 0.478 e. The summed E-state index contributed by atoms with van der Waals surface area (Å²) < 4.78 is 0. The summed E-state index contributed by atoms with van der Waals surface area (Å²) in [6, 6.07) is 8.85. The summed E-state index contributed by atoms with van der Waals surface area (Å²) in [4.78, 5) is 38.7. The number of nitrogens with zero attached hydrogens (tertiary/aromatic N) is 1. The molecule has 9 heteroatoms. The highest BCUT2D eigenvalue weighted by atomic mass is 35.5. The molecule has 25 heavy (non-hydrogen) atoms. The van der Waals surface area contributed by atoms with Crippen molar-refractivity contribution in [3.63, 3.8) is 0 Å². The number of hydrogen-bond donors (Lipinski definition) is 4. The maximum absolute atomic E-state index is 11.8. The number of fused-ring (bicyclic) bond motifs is 1. The van der Waals surface area contributed by atoms with Crippen LogP contribution < -0.4 is 16.8 Å². The number of halogens is 1. The Morgan fingerprint density at radius 3 is 2.28 bits per heavy atom. The maximum atomic E-state index is 11.8. The quantitative estimate of drug-likeness (QED) is 0.368. The van der Waals surface area contributed by atoms with Crippen molar-refractivity contribution >= 4 is 41.8 Å². The highest BCUT2D eigenvalue weighted by Crippen LogP contribution is 2.31. The normalized spacial score (nSPS) is 12.0. The molecule has 0 saturated heterocycles. The van der Waals surface area contributed by atoms with Crippen molar-refractivity contribution in [3.8, 4) is 11.1 Å². The number of guanidine groups is 1. The Kier molecular flexibility index (Phi) is 4.75. The van der Waals surface area contributed by atoms with Crippen LogP contribution in [0.25, 0.3) is 11.1 Å². The van der Waals surface area contributed by atoms with Crippen molar-refractivity contribution in [3.05, 3.63) is 53.1 Å². The molecule has 0 fully saturated rings. The van der Waals surface area contributed by atoms with Crippen molar-refractivity contribution in [2.75, 3.05) is 0 Å². The molecule has 2 amide bonds. The molecule has 0 aromatic heterocycles.